The van der Waals surface area contributed by atoms with Crippen LogP contribution in [0.3, 0.4) is 0 Å². The van der Waals surface area contributed by atoms with Crippen molar-refractivity contribution in [3.8, 4) is 17.2 Å². The van der Waals surface area contributed by atoms with E-state index in [9.17, 15) is 9.59 Å². The number of nitrogens with zero attached hydrogens (tertiary/aromatic N) is 1. The zero-order valence-electron chi connectivity index (χ0n) is 21.3. The third kappa shape index (κ3) is 6.95. The van der Waals surface area contributed by atoms with Gasteiger partial charge >= 0.3 is 0 Å². The van der Waals surface area contributed by atoms with Gasteiger partial charge in [-0.15, -0.1) is 0 Å². The van der Waals surface area contributed by atoms with E-state index in [2.05, 4.69) is 26.0 Å². The molecule has 1 fully saturated rings. The summed E-state index contributed by atoms with van der Waals surface area (Å²) in [4.78, 5) is 27.2. The summed E-state index contributed by atoms with van der Waals surface area (Å²) in [6.45, 7) is 7.37. The molecule has 0 aromatic heterocycles. The number of hydrogen-bond donors (Lipinski definition) is 0. The predicted molar refractivity (Wildman–Crippen MR) is 147 cm³/mol. The number of benzene rings is 3. The molecule has 0 N–H and O–H groups in total. The van der Waals surface area contributed by atoms with Crippen molar-refractivity contribution in [2.75, 3.05) is 26.4 Å². The normalized spacial score (nSPS) is 14.5. The molecule has 3 aromatic rings. The van der Waals surface area contributed by atoms with E-state index in [-0.39, 0.29) is 24.3 Å². The zero-order chi connectivity index (χ0) is 26.2. The monoisotopic (exact) mass is 517 g/mol. The van der Waals surface area contributed by atoms with Crippen molar-refractivity contribution in [1.29, 1.82) is 0 Å². The number of thioether (sulfide) groups is 1. The molecule has 0 spiro atoms. The van der Waals surface area contributed by atoms with Crippen molar-refractivity contribution in [3.63, 3.8) is 0 Å². The standard InChI is InChI=1S/C30H31NO5S/c1-21(2)25-14-13-22(3)19-27(25)35-16-15-31-29(32)28(37-30(31)33)20-23-9-7-8-12-26(23)36-18-17-34-24-10-5-4-6-11-24/h4-14,19-21H,15-18H2,1-3H3/b28-20-. The highest BCUT2D eigenvalue weighted by molar-refractivity contribution is 8.18. The third-order valence-corrected chi connectivity index (χ3v) is 6.70. The molecule has 0 unspecified atom stereocenters. The molecule has 0 aliphatic carbocycles. The first-order valence-corrected chi connectivity index (χ1v) is 13.1. The lowest BCUT2D eigenvalue weighted by Gasteiger charge is -2.17. The maximum absolute atomic E-state index is 13.0. The van der Waals surface area contributed by atoms with Crippen molar-refractivity contribution in [2.45, 2.75) is 26.7 Å². The summed E-state index contributed by atoms with van der Waals surface area (Å²) in [7, 11) is 0. The van der Waals surface area contributed by atoms with E-state index in [0.29, 0.717) is 29.8 Å². The smallest absolute Gasteiger partial charge is 0.293 e. The highest BCUT2D eigenvalue weighted by atomic mass is 32.2. The van der Waals surface area contributed by atoms with Crippen LogP contribution in [0.25, 0.3) is 6.08 Å². The van der Waals surface area contributed by atoms with Crippen molar-refractivity contribution in [1.82, 2.24) is 4.90 Å². The van der Waals surface area contributed by atoms with Crippen LogP contribution in [0, 0.1) is 6.92 Å². The maximum atomic E-state index is 13.0. The van der Waals surface area contributed by atoms with Crippen LogP contribution in [0.2, 0.25) is 0 Å². The van der Waals surface area contributed by atoms with Crippen LogP contribution in [0.5, 0.6) is 17.2 Å². The van der Waals surface area contributed by atoms with Gasteiger partial charge in [0.2, 0.25) is 0 Å². The van der Waals surface area contributed by atoms with E-state index in [4.69, 9.17) is 14.2 Å². The summed E-state index contributed by atoms with van der Waals surface area (Å²) in [6, 6.07) is 23.1. The number of imide groups is 1. The topological polar surface area (TPSA) is 65.1 Å². The summed E-state index contributed by atoms with van der Waals surface area (Å²) >= 11 is 0.930. The minimum absolute atomic E-state index is 0.183. The van der Waals surface area contributed by atoms with Gasteiger partial charge in [0, 0.05) is 5.56 Å². The Morgan fingerprint density at radius 3 is 2.32 bits per heavy atom. The van der Waals surface area contributed by atoms with Gasteiger partial charge in [-0.1, -0.05) is 62.4 Å². The van der Waals surface area contributed by atoms with Crippen LogP contribution in [-0.2, 0) is 4.79 Å². The number of ether oxygens (including phenoxy) is 3. The van der Waals surface area contributed by atoms with Gasteiger partial charge in [-0.3, -0.25) is 14.5 Å². The lowest BCUT2D eigenvalue weighted by molar-refractivity contribution is -0.123. The summed E-state index contributed by atoms with van der Waals surface area (Å²) < 4.78 is 17.6. The van der Waals surface area contributed by atoms with Gasteiger partial charge in [-0.25, -0.2) is 0 Å². The Balaban J connectivity index is 1.36. The number of amides is 2. The van der Waals surface area contributed by atoms with Gasteiger partial charge in [0.05, 0.1) is 11.4 Å². The Morgan fingerprint density at radius 1 is 0.838 bits per heavy atom. The van der Waals surface area contributed by atoms with E-state index in [1.807, 2.05) is 67.6 Å². The number of para-hydroxylation sites is 2. The third-order valence-electron chi connectivity index (χ3n) is 5.80. The Labute approximate surface area is 222 Å². The van der Waals surface area contributed by atoms with Gasteiger partial charge in [-0.05, 0) is 66.1 Å². The second-order valence-corrected chi connectivity index (χ2v) is 9.92. The molecule has 1 saturated heterocycles. The van der Waals surface area contributed by atoms with Gasteiger partial charge < -0.3 is 14.2 Å². The Bertz CT molecular complexity index is 1270. The molecular weight excluding hydrogens is 486 g/mol. The Hall–Kier alpha value is -3.71. The number of aryl methyl sites for hydroxylation is 1. The summed E-state index contributed by atoms with van der Waals surface area (Å²) in [5.74, 6) is 2.17. The van der Waals surface area contributed by atoms with E-state index in [0.717, 1.165) is 40.0 Å². The first-order chi connectivity index (χ1) is 17.9. The average Bonchev–Trinajstić information content (AvgIpc) is 3.15. The van der Waals surface area contributed by atoms with Crippen LogP contribution < -0.4 is 14.2 Å². The molecule has 4 rings (SSSR count). The van der Waals surface area contributed by atoms with E-state index in [1.165, 1.54) is 4.90 Å². The quantitative estimate of drug-likeness (QED) is 0.209. The molecule has 2 amide bonds. The molecule has 0 radical (unpaired) electrons. The van der Waals surface area contributed by atoms with E-state index >= 15 is 0 Å². The van der Waals surface area contributed by atoms with E-state index in [1.54, 1.807) is 6.08 Å². The maximum Gasteiger partial charge on any atom is 0.293 e. The summed E-state index contributed by atoms with van der Waals surface area (Å²) in [6.07, 6.45) is 1.70. The Morgan fingerprint density at radius 2 is 1.54 bits per heavy atom. The lowest BCUT2D eigenvalue weighted by Crippen LogP contribution is -2.32. The molecule has 0 saturated carbocycles. The predicted octanol–water partition coefficient (Wildman–Crippen LogP) is 6.69. The largest absolute Gasteiger partial charge is 0.491 e. The van der Waals surface area contributed by atoms with Crippen molar-refractivity contribution >= 4 is 29.0 Å². The van der Waals surface area contributed by atoms with Gasteiger partial charge in [-0.2, -0.15) is 0 Å². The second-order valence-electron chi connectivity index (χ2n) is 8.93. The van der Waals surface area contributed by atoms with Crippen LogP contribution in [0.1, 0.15) is 36.5 Å². The molecular formula is C30H31NO5S. The molecule has 7 heteroatoms. The number of hydrogen-bond acceptors (Lipinski definition) is 6. The van der Waals surface area contributed by atoms with E-state index < -0.39 is 0 Å². The van der Waals surface area contributed by atoms with Crippen molar-refractivity contribution in [3.05, 3.63) is 94.4 Å². The fraction of sp³-hybridized carbons (Fsp3) is 0.267. The number of carbonyl (C=O) groups excluding carboxylic acids is 2. The molecule has 3 aromatic carbocycles. The fourth-order valence-electron chi connectivity index (χ4n) is 3.88. The summed E-state index contributed by atoms with van der Waals surface area (Å²) in [5.41, 5.74) is 2.93. The highest BCUT2D eigenvalue weighted by Crippen LogP contribution is 2.34. The fourth-order valence-corrected chi connectivity index (χ4v) is 4.74. The Kier molecular flexibility index (Phi) is 8.90. The number of carbonyl (C=O) groups is 2. The van der Waals surface area contributed by atoms with Crippen LogP contribution in [0.4, 0.5) is 4.79 Å². The first kappa shape index (κ1) is 26.4. The molecule has 0 bridgehead atoms. The molecule has 6 nitrogen and oxygen atoms in total. The molecule has 37 heavy (non-hydrogen) atoms. The van der Waals surface area contributed by atoms with Gasteiger partial charge in [0.1, 0.15) is 37.1 Å². The minimum Gasteiger partial charge on any atom is -0.491 e. The zero-order valence-corrected chi connectivity index (χ0v) is 22.1. The van der Waals surface area contributed by atoms with Gasteiger partial charge in [0.15, 0.2) is 0 Å². The molecule has 1 aliphatic heterocycles. The summed E-state index contributed by atoms with van der Waals surface area (Å²) in [5, 5.41) is -0.303. The van der Waals surface area contributed by atoms with Crippen molar-refractivity contribution in [2.24, 2.45) is 0 Å². The highest BCUT2D eigenvalue weighted by Gasteiger charge is 2.35. The lowest BCUT2D eigenvalue weighted by atomic mass is 10.0. The first-order valence-electron chi connectivity index (χ1n) is 12.3. The number of rotatable bonds is 11. The molecule has 1 heterocycles. The minimum atomic E-state index is -0.325. The average molecular weight is 518 g/mol. The van der Waals surface area contributed by atoms with Crippen LogP contribution >= 0.6 is 11.8 Å². The van der Waals surface area contributed by atoms with Gasteiger partial charge in [0.25, 0.3) is 11.1 Å². The molecule has 0 atom stereocenters. The van der Waals surface area contributed by atoms with Crippen molar-refractivity contribution < 1.29 is 23.8 Å². The second kappa shape index (κ2) is 12.5. The molecule has 1 aliphatic rings. The molecule has 192 valence electrons. The van der Waals surface area contributed by atoms with Crippen LogP contribution in [0.15, 0.2) is 77.7 Å². The van der Waals surface area contributed by atoms with Crippen LogP contribution in [-0.4, -0.2) is 42.4 Å². The SMILES string of the molecule is Cc1ccc(C(C)C)c(OCCN2C(=O)S/C(=C\c3ccccc3OCCOc3ccccc3)C2=O)c1.